The number of quaternary nitrogens is 1. The van der Waals surface area contributed by atoms with Crippen LogP contribution in [0.5, 0.6) is 0 Å². The van der Waals surface area contributed by atoms with E-state index in [2.05, 4.69) is 10.1 Å². The van der Waals surface area contributed by atoms with Crippen LogP contribution in [0, 0.1) is 0 Å². The van der Waals surface area contributed by atoms with Crippen molar-refractivity contribution < 1.29 is 33.6 Å². The Hall–Kier alpha value is -3.72. The molecule has 28 heavy (non-hydrogen) atoms. The Morgan fingerprint density at radius 2 is 1.86 bits per heavy atom. The molecule has 1 aromatic carbocycles. The molecule has 0 aliphatic rings. The minimum Gasteiger partial charge on any atom is -0.465 e. The third-order valence-electron chi connectivity index (χ3n) is 3.56. The molecule has 0 radical (unpaired) electrons. The summed E-state index contributed by atoms with van der Waals surface area (Å²) in [7, 11) is 2.43. The predicted octanol–water partition coefficient (Wildman–Crippen LogP) is 0.386. The van der Waals surface area contributed by atoms with E-state index in [0.717, 1.165) is 0 Å². The summed E-state index contributed by atoms with van der Waals surface area (Å²) in [6, 6.07) is 9.43. The van der Waals surface area contributed by atoms with Crippen molar-refractivity contribution in [2.75, 3.05) is 26.1 Å². The number of esters is 2. The molecule has 0 bridgehead atoms. The molecule has 1 heterocycles. The highest BCUT2D eigenvalue weighted by Crippen LogP contribution is 2.15. The van der Waals surface area contributed by atoms with Crippen LogP contribution in [-0.4, -0.2) is 38.6 Å². The third kappa shape index (κ3) is 5.39. The van der Waals surface area contributed by atoms with Gasteiger partial charge in [0.25, 0.3) is 5.91 Å². The monoisotopic (exact) mass is 387 g/mol. The Morgan fingerprint density at radius 3 is 2.50 bits per heavy atom. The van der Waals surface area contributed by atoms with Gasteiger partial charge in [0.15, 0.2) is 12.3 Å². The first-order valence-corrected chi connectivity index (χ1v) is 8.15. The number of carbonyl (C=O) groups is 3. The summed E-state index contributed by atoms with van der Waals surface area (Å²) in [5, 5.41) is 3.89. The molecule has 0 atom stereocenters. The number of ether oxygens (including phenoxy) is 2. The van der Waals surface area contributed by atoms with E-state index >= 15 is 0 Å². The Morgan fingerprint density at radius 1 is 1.14 bits per heavy atom. The molecular weight excluding hydrogens is 368 g/mol. The SMILES string of the molecule is COC(=O)C[NH2+]/C=C/c1oc(=O)c(NC(=O)c2ccccc2)cc1C(=O)OC. The van der Waals surface area contributed by atoms with Crippen LogP contribution in [0.2, 0.25) is 0 Å². The second-order valence-electron chi connectivity index (χ2n) is 5.41. The number of anilines is 1. The normalized spacial score (nSPS) is 10.5. The minimum atomic E-state index is -0.843. The highest BCUT2D eigenvalue weighted by atomic mass is 16.5. The Bertz CT molecular complexity index is 948. The van der Waals surface area contributed by atoms with Gasteiger partial charge in [0.05, 0.1) is 20.4 Å². The zero-order valence-corrected chi connectivity index (χ0v) is 15.3. The topological polar surface area (TPSA) is 129 Å². The first-order valence-electron chi connectivity index (χ1n) is 8.15. The van der Waals surface area contributed by atoms with Crippen LogP contribution < -0.4 is 16.3 Å². The molecule has 0 unspecified atom stereocenters. The fourth-order valence-corrected chi connectivity index (χ4v) is 2.15. The van der Waals surface area contributed by atoms with Crippen molar-refractivity contribution in [3.05, 3.63) is 69.9 Å². The maximum Gasteiger partial charge on any atom is 0.361 e. The minimum absolute atomic E-state index is 0.00993. The van der Waals surface area contributed by atoms with Crippen molar-refractivity contribution in [3.8, 4) is 0 Å². The molecule has 0 fully saturated rings. The Kier molecular flexibility index (Phi) is 7.23. The molecule has 0 saturated carbocycles. The molecular formula is C19H19N2O7+. The number of hydrogen-bond acceptors (Lipinski definition) is 7. The standard InChI is InChI=1S/C19H18N2O7/c1-26-16(22)11-20-9-8-15-13(18(24)27-2)10-14(19(25)28-15)21-17(23)12-6-4-3-5-7-12/h3-10,20H,11H2,1-2H3,(H,21,23)/p+1/b9-8+. The van der Waals surface area contributed by atoms with Crippen LogP contribution >= 0.6 is 0 Å². The molecule has 0 spiro atoms. The number of hydrogen-bond donors (Lipinski definition) is 2. The second kappa shape index (κ2) is 9.83. The lowest BCUT2D eigenvalue weighted by Gasteiger charge is -2.07. The van der Waals surface area contributed by atoms with Crippen LogP contribution in [0.3, 0.4) is 0 Å². The summed E-state index contributed by atoms with van der Waals surface area (Å²) in [5.74, 6) is -1.81. The van der Waals surface area contributed by atoms with Crippen LogP contribution in [0.25, 0.3) is 6.08 Å². The van der Waals surface area contributed by atoms with Gasteiger partial charge in [0.2, 0.25) is 0 Å². The van der Waals surface area contributed by atoms with Crippen molar-refractivity contribution in [1.29, 1.82) is 0 Å². The molecule has 3 N–H and O–H groups in total. The molecule has 0 aliphatic heterocycles. The van der Waals surface area contributed by atoms with Gasteiger partial charge in [-0.1, -0.05) is 18.2 Å². The number of benzene rings is 1. The van der Waals surface area contributed by atoms with Gasteiger partial charge in [-0.05, 0) is 18.2 Å². The smallest absolute Gasteiger partial charge is 0.361 e. The average Bonchev–Trinajstić information content (AvgIpc) is 2.72. The average molecular weight is 387 g/mol. The zero-order valence-electron chi connectivity index (χ0n) is 15.3. The van der Waals surface area contributed by atoms with Gasteiger partial charge < -0.3 is 24.5 Å². The number of methoxy groups -OCH3 is 2. The summed E-state index contributed by atoms with van der Waals surface area (Å²) in [6.07, 6.45) is 2.77. The van der Waals surface area contributed by atoms with E-state index < -0.39 is 23.5 Å². The van der Waals surface area contributed by atoms with Crippen LogP contribution in [0.4, 0.5) is 5.69 Å². The fraction of sp³-hybridized carbons (Fsp3) is 0.158. The lowest BCUT2D eigenvalue weighted by atomic mass is 10.2. The van der Waals surface area contributed by atoms with Gasteiger partial charge in [-0.2, -0.15) is 0 Å². The number of rotatable bonds is 7. The summed E-state index contributed by atoms with van der Waals surface area (Å²) in [4.78, 5) is 47.6. The summed E-state index contributed by atoms with van der Waals surface area (Å²) in [6.45, 7) is 0.00993. The van der Waals surface area contributed by atoms with Gasteiger partial charge in [-0.25, -0.2) is 14.4 Å². The summed E-state index contributed by atoms with van der Waals surface area (Å²) < 4.78 is 14.3. The Labute approximate surface area is 159 Å². The van der Waals surface area contributed by atoms with E-state index in [4.69, 9.17) is 9.15 Å². The summed E-state index contributed by atoms with van der Waals surface area (Å²) >= 11 is 0. The van der Waals surface area contributed by atoms with Crippen molar-refractivity contribution in [3.63, 3.8) is 0 Å². The van der Waals surface area contributed by atoms with Crippen molar-refractivity contribution >= 4 is 29.6 Å². The largest absolute Gasteiger partial charge is 0.465 e. The van der Waals surface area contributed by atoms with Crippen molar-refractivity contribution in [2.24, 2.45) is 0 Å². The van der Waals surface area contributed by atoms with Crippen molar-refractivity contribution in [1.82, 2.24) is 0 Å². The van der Waals surface area contributed by atoms with Gasteiger partial charge in [0.1, 0.15) is 11.3 Å². The molecule has 9 nitrogen and oxygen atoms in total. The zero-order chi connectivity index (χ0) is 20.5. The van der Waals surface area contributed by atoms with E-state index in [9.17, 15) is 19.2 Å². The second-order valence-corrected chi connectivity index (χ2v) is 5.41. The quantitative estimate of drug-likeness (QED) is 0.658. The Balaban J connectivity index is 2.28. The highest BCUT2D eigenvalue weighted by Gasteiger charge is 2.18. The molecule has 2 aromatic rings. The number of carbonyl (C=O) groups excluding carboxylic acids is 3. The van der Waals surface area contributed by atoms with Gasteiger partial charge in [-0.3, -0.25) is 4.79 Å². The van der Waals surface area contributed by atoms with Crippen molar-refractivity contribution in [2.45, 2.75) is 0 Å². The lowest BCUT2D eigenvalue weighted by molar-refractivity contribution is -0.576. The molecule has 0 aliphatic carbocycles. The molecule has 146 valence electrons. The molecule has 1 amide bonds. The van der Waals surface area contributed by atoms with Crippen LogP contribution in [0.15, 0.2) is 51.8 Å². The first-order chi connectivity index (χ1) is 13.5. The van der Waals surface area contributed by atoms with Gasteiger partial charge in [0, 0.05) is 11.6 Å². The number of nitrogens with one attached hydrogen (secondary N) is 1. The van der Waals surface area contributed by atoms with Gasteiger partial charge in [-0.15, -0.1) is 0 Å². The highest BCUT2D eigenvalue weighted by molar-refractivity contribution is 6.04. The maximum absolute atomic E-state index is 12.2. The van der Waals surface area contributed by atoms with Gasteiger partial charge >= 0.3 is 17.6 Å². The summed E-state index contributed by atoms with van der Waals surface area (Å²) in [5.41, 5.74) is -0.773. The van der Waals surface area contributed by atoms with E-state index in [0.29, 0.717) is 5.56 Å². The predicted molar refractivity (Wildman–Crippen MR) is 98.6 cm³/mol. The third-order valence-corrected chi connectivity index (χ3v) is 3.56. The van der Waals surface area contributed by atoms with E-state index in [-0.39, 0.29) is 23.6 Å². The fourth-order valence-electron chi connectivity index (χ4n) is 2.15. The lowest BCUT2D eigenvalue weighted by Crippen LogP contribution is -2.80. The maximum atomic E-state index is 12.2. The number of nitrogens with two attached hydrogens (primary N) is 1. The van der Waals surface area contributed by atoms with E-state index in [1.54, 1.807) is 30.3 Å². The van der Waals surface area contributed by atoms with E-state index in [1.807, 2.05) is 0 Å². The molecule has 9 heteroatoms. The van der Waals surface area contributed by atoms with Crippen LogP contribution in [-0.2, 0) is 14.3 Å². The van der Waals surface area contributed by atoms with E-state index in [1.165, 1.54) is 37.9 Å². The van der Waals surface area contributed by atoms with Crippen LogP contribution in [0.1, 0.15) is 26.5 Å². The first kappa shape index (κ1) is 20.6. The number of amides is 1. The molecule has 1 aromatic heterocycles. The molecule has 0 saturated heterocycles. The molecule has 2 rings (SSSR count).